The number of hydrogen-bond donors (Lipinski definition) is 1. The van der Waals surface area contributed by atoms with Gasteiger partial charge in [0.15, 0.2) is 0 Å². The highest BCUT2D eigenvalue weighted by atomic mass is 16.5. The summed E-state index contributed by atoms with van der Waals surface area (Å²) in [6.07, 6.45) is 2.34. The zero-order valence-electron chi connectivity index (χ0n) is 10.0. The molecule has 0 spiro atoms. The maximum absolute atomic E-state index is 9.33. The maximum Gasteiger partial charge on any atom is 0.122 e. The van der Waals surface area contributed by atoms with Gasteiger partial charge in [0.2, 0.25) is 0 Å². The molecule has 17 heavy (non-hydrogen) atoms. The Morgan fingerprint density at radius 3 is 3.12 bits per heavy atom. The molecule has 1 unspecified atom stereocenters. The SMILES string of the molecule is OC[C@H]1CCCN1CC1COc2ccccc21. The maximum atomic E-state index is 9.33. The molecule has 0 amide bonds. The van der Waals surface area contributed by atoms with Crippen molar-refractivity contribution in [3.63, 3.8) is 0 Å². The number of likely N-dealkylation sites (tertiary alicyclic amines) is 1. The van der Waals surface area contributed by atoms with Gasteiger partial charge >= 0.3 is 0 Å². The molecule has 3 nitrogen and oxygen atoms in total. The smallest absolute Gasteiger partial charge is 0.122 e. The molecule has 1 aromatic rings. The molecule has 0 saturated carbocycles. The number of ether oxygens (including phenoxy) is 1. The first-order valence-electron chi connectivity index (χ1n) is 6.45. The minimum absolute atomic E-state index is 0.287. The van der Waals surface area contributed by atoms with Gasteiger partial charge in [0.1, 0.15) is 5.75 Å². The molecule has 92 valence electrons. The summed E-state index contributed by atoms with van der Waals surface area (Å²) in [5.41, 5.74) is 1.33. The van der Waals surface area contributed by atoms with Crippen LogP contribution in [0.2, 0.25) is 0 Å². The van der Waals surface area contributed by atoms with E-state index < -0.39 is 0 Å². The zero-order chi connectivity index (χ0) is 11.7. The van der Waals surface area contributed by atoms with Gasteiger partial charge in [0.05, 0.1) is 13.2 Å². The summed E-state index contributed by atoms with van der Waals surface area (Å²) in [5.74, 6) is 1.51. The molecule has 1 aromatic carbocycles. The van der Waals surface area contributed by atoms with E-state index in [-0.39, 0.29) is 6.61 Å². The first kappa shape index (κ1) is 11.1. The predicted molar refractivity (Wildman–Crippen MR) is 66.4 cm³/mol. The molecule has 2 aliphatic rings. The number of hydrogen-bond acceptors (Lipinski definition) is 3. The van der Waals surface area contributed by atoms with Gasteiger partial charge in [-0.25, -0.2) is 0 Å². The molecule has 2 atom stereocenters. The number of aliphatic hydroxyl groups is 1. The molecule has 3 rings (SSSR count). The molecule has 0 bridgehead atoms. The highest BCUT2D eigenvalue weighted by Crippen LogP contribution is 2.35. The van der Waals surface area contributed by atoms with Crippen LogP contribution in [-0.2, 0) is 0 Å². The lowest BCUT2D eigenvalue weighted by Gasteiger charge is -2.25. The second kappa shape index (κ2) is 4.67. The van der Waals surface area contributed by atoms with Crippen LogP contribution in [0.25, 0.3) is 0 Å². The highest BCUT2D eigenvalue weighted by molar-refractivity contribution is 5.39. The largest absolute Gasteiger partial charge is 0.493 e. The van der Waals surface area contributed by atoms with E-state index in [1.165, 1.54) is 12.0 Å². The standard InChI is InChI=1S/C14H19NO2/c16-9-12-4-3-7-15(12)8-11-10-17-14-6-2-1-5-13(11)14/h1-2,5-6,11-12,16H,3-4,7-10H2/t11?,12-/m1/s1. The molecule has 2 heterocycles. The van der Waals surface area contributed by atoms with Crippen LogP contribution in [0, 0.1) is 0 Å². The summed E-state index contributed by atoms with van der Waals surface area (Å²) >= 11 is 0. The van der Waals surface area contributed by atoms with Crippen molar-refractivity contribution in [3.8, 4) is 5.75 Å². The van der Waals surface area contributed by atoms with Crippen LogP contribution in [0.4, 0.5) is 0 Å². The molecular weight excluding hydrogens is 214 g/mol. The van der Waals surface area contributed by atoms with Crippen LogP contribution in [0.15, 0.2) is 24.3 Å². The third-order valence-electron chi connectivity index (χ3n) is 3.96. The predicted octanol–water partition coefficient (Wildman–Crippen LogP) is 1.62. The van der Waals surface area contributed by atoms with E-state index in [1.54, 1.807) is 0 Å². The second-order valence-corrected chi connectivity index (χ2v) is 5.02. The first-order chi connectivity index (χ1) is 8.38. The van der Waals surface area contributed by atoms with E-state index in [0.29, 0.717) is 12.0 Å². The number of para-hydroxylation sites is 1. The summed E-state index contributed by atoms with van der Waals surface area (Å²) in [4.78, 5) is 2.41. The Bertz CT molecular complexity index is 394. The average molecular weight is 233 g/mol. The second-order valence-electron chi connectivity index (χ2n) is 5.02. The van der Waals surface area contributed by atoms with Crippen LogP contribution >= 0.6 is 0 Å². The van der Waals surface area contributed by atoms with Crippen LogP contribution in [0.1, 0.15) is 24.3 Å². The third kappa shape index (κ3) is 2.05. The number of aliphatic hydroxyl groups excluding tert-OH is 1. The molecule has 0 radical (unpaired) electrons. The van der Waals surface area contributed by atoms with Crippen LogP contribution in [0.5, 0.6) is 5.75 Å². The van der Waals surface area contributed by atoms with E-state index in [9.17, 15) is 5.11 Å². The quantitative estimate of drug-likeness (QED) is 0.861. The van der Waals surface area contributed by atoms with E-state index in [2.05, 4.69) is 17.0 Å². The van der Waals surface area contributed by atoms with Crippen LogP contribution in [-0.4, -0.2) is 42.4 Å². The zero-order valence-corrected chi connectivity index (χ0v) is 10.0. The number of rotatable bonds is 3. The summed E-state index contributed by atoms with van der Waals surface area (Å²) in [5, 5.41) is 9.33. The fourth-order valence-electron chi connectivity index (χ4n) is 3.01. The third-order valence-corrected chi connectivity index (χ3v) is 3.96. The lowest BCUT2D eigenvalue weighted by atomic mass is 10.0. The van der Waals surface area contributed by atoms with Gasteiger partial charge in [-0.05, 0) is 25.5 Å². The Balaban J connectivity index is 1.71. The van der Waals surface area contributed by atoms with Gasteiger partial charge in [-0.15, -0.1) is 0 Å². The topological polar surface area (TPSA) is 32.7 Å². The molecule has 1 saturated heterocycles. The van der Waals surface area contributed by atoms with Gasteiger partial charge in [-0.3, -0.25) is 4.90 Å². The lowest BCUT2D eigenvalue weighted by molar-refractivity contribution is 0.148. The lowest BCUT2D eigenvalue weighted by Crippen LogP contribution is -2.35. The Labute approximate surface area is 102 Å². The van der Waals surface area contributed by atoms with E-state index >= 15 is 0 Å². The highest BCUT2D eigenvalue weighted by Gasteiger charge is 2.30. The Kier molecular flexibility index (Phi) is 3.04. The molecule has 0 aliphatic carbocycles. The van der Waals surface area contributed by atoms with Crippen molar-refractivity contribution in [2.75, 3.05) is 26.3 Å². The van der Waals surface area contributed by atoms with E-state index in [4.69, 9.17) is 4.74 Å². The summed E-state index contributed by atoms with van der Waals surface area (Å²) in [7, 11) is 0. The average Bonchev–Trinajstić information content (AvgIpc) is 2.97. The molecule has 3 heteroatoms. The number of fused-ring (bicyclic) bond motifs is 1. The van der Waals surface area contributed by atoms with Crippen molar-refractivity contribution < 1.29 is 9.84 Å². The minimum atomic E-state index is 0.287. The number of benzene rings is 1. The van der Waals surface area contributed by atoms with Gasteiger partial charge in [0.25, 0.3) is 0 Å². The molecule has 0 aromatic heterocycles. The first-order valence-corrected chi connectivity index (χ1v) is 6.45. The van der Waals surface area contributed by atoms with Crippen LogP contribution < -0.4 is 4.74 Å². The van der Waals surface area contributed by atoms with Crippen molar-refractivity contribution in [3.05, 3.63) is 29.8 Å². The Hall–Kier alpha value is -1.06. The van der Waals surface area contributed by atoms with Crippen molar-refractivity contribution in [2.24, 2.45) is 0 Å². The minimum Gasteiger partial charge on any atom is -0.493 e. The van der Waals surface area contributed by atoms with Gasteiger partial charge in [0, 0.05) is 24.1 Å². The van der Waals surface area contributed by atoms with E-state index in [1.807, 2.05) is 12.1 Å². The van der Waals surface area contributed by atoms with Gasteiger partial charge < -0.3 is 9.84 Å². The Morgan fingerprint density at radius 1 is 1.35 bits per heavy atom. The van der Waals surface area contributed by atoms with Gasteiger partial charge in [-0.2, -0.15) is 0 Å². The molecule has 2 aliphatic heterocycles. The van der Waals surface area contributed by atoms with Gasteiger partial charge in [-0.1, -0.05) is 18.2 Å². The summed E-state index contributed by atoms with van der Waals surface area (Å²) < 4.78 is 5.70. The molecular formula is C14H19NO2. The normalized spacial score (nSPS) is 28.1. The fraction of sp³-hybridized carbons (Fsp3) is 0.571. The monoisotopic (exact) mass is 233 g/mol. The number of nitrogens with zero attached hydrogens (tertiary/aromatic N) is 1. The summed E-state index contributed by atoms with van der Waals surface area (Å²) in [6, 6.07) is 8.67. The van der Waals surface area contributed by atoms with Crippen molar-refractivity contribution in [1.29, 1.82) is 0 Å². The Morgan fingerprint density at radius 2 is 2.24 bits per heavy atom. The molecule has 1 N–H and O–H groups in total. The van der Waals surface area contributed by atoms with Crippen molar-refractivity contribution in [1.82, 2.24) is 4.90 Å². The molecule has 1 fully saturated rings. The van der Waals surface area contributed by atoms with E-state index in [0.717, 1.165) is 31.9 Å². The van der Waals surface area contributed by atoms with Crippen LogP contribution in [0.3, 0.4) is 0 Å². The fourth-order valence-corrected chi connectivity index (χ4v) is 3.01. The van der Waals surface area contributed by atoms with Crippen molar-refractivity contribution in [2.45, 2.75) is 24.8 Å². The summed E-state index contributed by atoms with van der Waals surface area (Å²) in [6.45, 7) is 3.20. The van der Waals surface area contributed by atoms with Crippen molar-refractivity contribution >= 4 is 0 Å².